The van der Waals surface area contributed by atoms with Crippen LogP contribution in [0.5, 0.6) is 0 Å². The van der Waals surface area contributed by atoms with Crippen LogP contribution < -0.4 is 54.8 Å². The van der Waals surface area contributed by atoms with E-state index in [0.717, 1.165) is 25.7 Å². The maximum atomic E-state index is 5.99. The SMILES string of the molecule is N[C@@H]1NC(OC2CCC(OC3N[C@@H](N)N[C@@H](N)N3)CC2)N[C@H](N)N1. The fourth-order valence-electron chi connectivity index (χ4n) is 3.17. The molecule has 0 aromatic rings. The van der Waals surface area contributed by atoms with Crippen LogP contribution >= 0.6 is 0 Å². The molecule has 12 nitrogen and oxygen atoms in total. The number of ether oxygens (including phenoxy) is 2. The molecule has 0 spiro atoms. The summed E-state index contributed by atoms with van der Waals surface area (Å²) in [6.07, 6.45) is 1.55. The highest BCUT2D eigenvalue weighted by Gasteiger charge is 2.31. The van der Waals surface area contributed by atoms with Crippen LogP contribution in [0.25, 0.3) is 0 Å². The lowest BCUT2D eigenvalue weighted by atomic mass is 9.95. The van der Waals surface area contributed by atoms with Gasteiger partial charge in [-0.3, -0.25) is 31.9 Å². The molecule has 2 unspecified atom stereocenters. The molecule has 2 saturated heterocycles. The number of rotatable bonds is 4. The Kier molecular flexibility index (Phi) is 6.31. The third-order valence-corrected chi connectivity index (χ3v) is 4.32. The first-order valence-corrected chi connectivity index (χ1v) is 8.37. The topological polar surface area (TPSA) is 195 Å². The van der Waals surface area contributed by atoms with E-state index in [9.17, 15) is 0 Å². The average Bonchev–Trinajstić information content (AvgIpc) is 2.47. The molecule has 6 atom stereocenters. The Morgan fingerprint density at radius 1 is 0.500 bits per heavy atom. The van der Waals surface area contributed by atoms with Crippen LogP contribution in [0, 0.1) is 0 Å². The first-order valence-electron chi connectivity index (χ1n) is 8.37. The Morgan fingerprint density at radius 2 is 0.792 bits per heavy atom. The standard InChI is InChI=1S/C12H30N10O2/c13-7-17-8(14)20-11(19-7)23-5-1-2-6(4-3-5)24-12-21-9(15)18-10(16)22-12/h5-12,17-22H,1-4,13-16H2/t5?,6?,7-,8+,9-,10+,11?,12?. The molecule has 0 aromatic heterocycles. The van der Waals surface area contributed by atoms with Gasteiger partial charge in [-0.15, -0.1) is 0 Å². The molecule has 2 aliphatic heterocycles. The zero-order valence-corrected chi connectivity index (χ0v) is 13.6. The molecule has 14 N–H and O–H groups in total. The van der Waals surface area contributed by atoms with Crippen molar-refractivity contribution in [2.75, 3.05) is 0 Å². The van der Waals surface area contributed by atoms with Crippen LogP contribution in [0.15, 0.2) is 0 Å². The quantitative estimate of drug-likeness (QED) is 0.234. The molecule has 0 radical (unpaired) electrons. The van der Waals surface area contributed by atoms with Crippen molar-refractivity contribution in [1.29, 1.82) is 0 Å². The minimum absolute atomic E-state index is 0.130. The van der Waals surface area contributed by atoms with E-state index in [-0.39, 0.29) is 24.9 Å². The largest absolute Gasteiger partial charge is 0.347 e. The first kappa shape index (κ1) is 18.3. The Morgan fingerprint density at radius 3 is 1.08 bits per heavy atom. The molecule has 2 heterocycles. The molecule has 3 aliphatic rings. The van der Waals surface area contributed by atoms with Crippen molar-refractivity contribution in [3.05, 3.63) is 0 Å². The van der Waals surface area contributed by atoms with Gasteiger partial charge in [0.1, 0.15) is 25.2 Å². The van der Waals surface area contributed by atoms with Gasteiger partial charge in [-0.05, 0) is 25.7 Å². The highest BCUT2D eigenvalue weighted by molar-refractivity contribution is 4.79. The molecule has 1 saturated carbocycles. The molecule has 0 bridgehead atoms. The normalized spacial score (nSPS) is 47.5. The van der Waals surface area contributed by atoms with Gasteiger partial charge >= 0.3 is 0 Å². The van der Waals surface area contributed by atoms with Crippen molar-refractivity contribution in [2.24, 2.45) is 22.9 Å². The predicted octanol–water partition coefficient (Wildman–Crippen LogP) is -4.57. The highest BCUT2D eigenvalue weighted by Crippen LogP contribution is 2.24. The van der Waals surface area contributed by atoms with Gasteiger partial charge < -0.3 is 32.4 Å². The number of hydrogen-bond donors (Lipinski definition) is 10. The van der Waals surface area contributed by atoms with Gasteiger partial charge in [-0.2, -0.15) is 0 Å². The summed E-state index contributed by atoms with van der Waals surface area (Å²) in [5.74, 6) is 0. The van der Waals surface area contributed by atoms with Crippen molar-refractivity contribution in [1.82, 2.24) is 31.9 Å². The summed E-state index contributed by atoms with van der Waals surface area (Å²) in [6, 6.07) is 0. The number of nitrogens with two attached hydrogens (primary N) is 4. The lowest BCUT2D eigenvalue weighted by Crippen LogP contribution is -2.73. The van der Waals surface area contributed by atoms with Crippen molar-refractivity contribution in [3.63, 3.8) is 0 Å². The van der Waals surface area contributed by atoms with Crippen LogP contribution in [-0.4, -0.2) is 50.1 Å². The second-order valence-corrected chi connectivity index (χ2v) is 6.34. The zero-order valence-electron chi connectivity index (χ0n) is 13.6. The van der Waals surface area contributed by atoms with Gasteiger partial charge in [0.05, 0.1) is 12.2 Å². The molecule has 140 valence electrons. The van der Waals surface area contributed by atoms with Crippen LogP contribution in [-0.2, 0) is 9.47 Å². The third-order valence-electron chi connectivity index (χ3n) is 4.32. The van der Waals surface area contributed by atoms with Gasteiger partial charge in [-0.25, -0.2) is 0 Å². The monoisotopic (exact) mass is 346 g/mol. The fraction of sp³-hybridized carbons (Fsp3) is 1.00. The maximum Gasteiger partial charge on any atom is 0.168 e. The van der Waals surface area contributed by atoms with Crippen LogP contribution in [0.4, 0.5) is 0 Å². The number of nitrogens with one attached hydrogen (secondary N) is 6. The second kappa shape index (κ2) is 8.27. The van der Waals surface area contributed by atoms with E-state index in [1.165, 1.54) is 0 Å². The number of hydrogen-bond acceptors (Lipinski definition) is 12. The summed E-state index contributed by atoms with van der Waals surface area (Å²) in [5, 5.41) is 18.0. The molecular formula is C12H30N10O2. The van der Waals surface area contributed by atoms with Crippen LogP contribution in [0.3, 0.4) is 0 Å². The Hall–Kier alpha value is -0.480. The highest BCUT2D eigenvalue weighted by atomic mass is 16.5. The minimum Gasteiger partial charge on any atom is -0.347 e. The molecule has 0 aromatic carbocycles. The van der Waals surface area contributed by atoms with Gasteiger partial charge in [0.2, 0.25) is 0 Å². The Bertz CT molecular complexity index is 340. The smallest absolute Gasteiger partial charge is 0.168 e. The summed E-state index contributed by atoms with van der Waals surface area (Å²) in [6.45, 7) is 0. The maximum absolute atomic E-state index is 5.99. The summed E-state index contributed by atoms with van der Waals surface area (Å²) in [4.78, 5) is 0. The molecule has 3 fully saturated rings. The average molecular weight is 346 g/mol. The molecule has 3 rings (SSSR count). The van der Waals surface area contributed by atoms with E-state index in [4.69, 9.17) is 32.4 Å². The van der Waals surface area contributed by atoms with Crippen molar-refractivity contribution in [3.8, 4) is 0 Å². The Labute approximate surface area is 141 Å². The van der Waals surface area contributed by atoms with E-state index in [0.29, 0.717) is 0 Å². The molecular weight excluding hydrogens is 316 g/mol. The summed E-state index contributed by atoms with van der Waals surface area (Å²) in [5.41, 5.74) is 23.2. The van der Waals surface area contributed by atoms with Gasteiger partial charge in [-0.1, -0.05) is 0 Å². The first-order chi connectivity index (χ1) is 11.5. The fourth-order valence-corrected chi connectivity index (χ4v) is 3.17. The van der Waals surface area contributed by atoms with Crippen LogP contribution in [0.1, 0.15) is 25.7 Å². The van der Waals surface area contributed by atoms with Gasteiger partial charge in [0.25, 0.3) is 0 Å². The minimum atomic E-state index is -0.392. The van der Waals surface area contributed by atoms with E-state index in [1.807, 2.05) is 0 Å². The molecule has 1 aliphatic carbocycles. The van der Waals surface area contributed by atoms with E-state index < -0.39 is 25.2 Å². The van der Waals surface area contributed by atoms with Crippen molar-refractivity contribution < 1.29 is 9.47 Å². The molecule has 24 heavy (non-hydrogen) atoms. The lowest BCUT2D eigenvalue weighted by molar-refractivity contribution is -0.128. The second-order valence-electron chi connectivity index (χ2n) is 6.34. The van der Waals surface area contributed by atoms with E-state index in [2.05, 4.69) is 31.9 Å². The zero-order chi connectivity index (χ0) is 17.1. The summed E-state index contributed by atoms with van der Waals surface area (Å²) in [7, 11) is 0. The predicted molar refractivity (Wildman–Crippen MR) is 86.5 cm³/mol. The Balaban J connectivity index is 1.38. The summed E-state index contributed by atoms with van der Waals surface area (Å²) >= 11 is 0. The van der Waals surface area contributed by atoms with Gasteiger partial charge in [0.15, 0.2) is 12.7 Å². The molecule has 12 heteroatoms. The third kappa shape index (κ3) is 5.26. The van der Waals surface area contributed by atoms with E-state index in [1.54, 1.807) is 0 Å². The van der Waals surface area contributed by atoms with Crippen molar-refractivity contribution >= 4 is 0 Å². The lowest BCUT2D eigenvalue weighted by Gasteiger charge is -2.40. The van der Waals surface area contributed by atoms with Crippen molar-refractivity contribution in [2.45, 2.75) is 75.8 Å². The van der Waals surface area contributed by atoms with Gasteiger partial charge in [0, 0.05) is 0 Å². The molecule has 0 amide bonds. The van der Waals surface area contributed by atoms with E-state index >= 15 is 0 Å². The summed E-state index contributed by atoms with van der Waals surface area (Å²) < 4.78 is 12.0. The van der Waals surface area contributed by atoms with Crippen LogP contribution in [0.2, 0.25) is 0 Å².